The highest BCUT2D eigenvalue weighted by Crippen LogP contribution is 2.30. The molecule has 0 saturated carbocycles. The van der Waals surface area contributed by atoms with Gasteiger partial charge in [0.1, 0.15) is 5.75 Å². The number of hydrogen-bond acceptors (Lipinski definition) is 2. The van der Waals surface area contributed by atoms with Crippen LogP contribution in [0.2, 0.25) is 0 Å². The number of benzene rings is 2. The molecule has 0 amide bonds. The van der Waals surface area contributed by atoms with Crippen LogP contribution in [0.15, 0.2) is 48.5 Å². The summed E-state index contributed by atoms with van der Waals surface area (Å²) in [5, 5.41) is 0. The van der Waals surface area contributed by atoms with Crippen LogP contribution in [0.5, 0.6) is 5.75 Å². The molecule has 0 spiro atoms. The number of rotatable bonds is 4. The first-order valence-corrected chi connectivity index (χ1v) is 6.30. The van der Waals surface area contributed by atoms with Crippen molar-refractivity contribution in [2.45, 2.75) is 19.9 Å². The van der Waals surface area contributed by atoms with E-state index in [0.29, 0.717) is 6.61 Å². The predicted molar refractivity (Wildman–Crippen MR) is 75.6 cm³/mol. The van der Waals surface area contributed by atoms with Gasteiger partial charge >= 0.3 is 0 Å². The van der Waals surface area contributed by atoms with Crippen LogP contribution in [0, 0.1) is 0 Å². The molecule has 2 nitrogen and oxygen atoms in total. The van der Waals surface area contributed by atoms with E-state index >= 15 is 0 Å². The van der Waals surface area contributed by atoms with Gasteiger partial charge in [0.25, 0.3) is 0 Å². The molecule has 0 aliphatic heterocycles. The van der Waals surface area contributed by atoms with Gasteiger partial charge in [-0.3, -0.25) is 0 Å². The fraction of sp³-hybridized carbons (Fsp3) is 0.250. The number of ether oxygens (including phenoxy) is 1. The Morgan fingerprint density at radius 3 is 2.61 bits per heavy atom. The maximum absolute atomic E-state index is 5.93. The van der Waals surface area contributed by atoms with Gasteiger partial charge in [-0.25, -0.2) is 0 Å². The van der Waals surface area contributed by atoms with E-state index in [4.69, 9.17) is 10.5 Å². The minimum absolute atomic E-state index is 0.0456. The summed E-state index contributed by atoms with van der Waals surface area (Å²) in [5.41, 5.74) is 9.32. The molecule has 0 radical (unpaired) electrons. The fourth-order valence-corrected chi connectivity index (χ4v) is 1.98. The van der Waals surface area contributed by atoms with Gasteiger partial charge in [-0.1, -0.05) is 36.4 Å². The standard InChI is InChI=1S/C16H19NO/c1-3-18-16-10-5-4-9-15(16)14-8-6-7-13(11-14)12(2)17/h4-12H,3,17H2,1-2H3/t12-/m0/s1. The molecule has 0 aliphatic carbocycles. The molecule has 18 heavy (non-hydrogen) atoms. The Morgan fingerprint density at radius 1 is 1.11 bits per heavy atom. The first kappa shape index (κ1) is 12.7. The highest BCUT2D eigenvalue weighted by atomic mass is 16.5. The van der Waals surface area contributed by atoms with E-state index in [1.54, 1.807) is 0 Å². The quantitative estimate of drug-likeness (QED) is 0.884. The number of hydrogen-bond donors (Lipinski definition) is 1. The first-order chi connectivity index (χ1) is 8.72. The van der Waals surface area contributed by atoms with E-state index in [0.717, 1.165) is 22.4 Å². The lowest BCUT2D eigenvalue weighted by atomic mass is 10.00. The topological polar surface area (TPSA) is 35.2 Å². The van der Waals surface area contributed by atoms with E-state index in [1.165, 1.54) is 0 Å². The van der Waals surface area contributed by atoms with Crippen molar-refractivity contribution in [3.05, 3.63) is 54.1 Å². The zero-order valence-corrected chi connectivity index (χ0v) is 10.9. The molecule has 2 heteroatoms. The van der Waals surface area contributed by atoms with Crippen molar-refractivity contribution < 1.29 is 4.74 Å². The van der Waals surface area contributed by atoms with E-state index in [1.807, 2.05) is 38.1 Å². The SMILES string of the molecule is CCOc1ccccc1-c1cccc([C@H](C)N)c1. The zero-order valence-electron chi connectivity index (χ0n) is 10.9. The molecular formula is C16H19NO. The maximum atomic E-state index is 5.93. The van der Waals surface area contributed by atoms with Gasteiger partial charge in [-0.15, -0.1) is 0 Å². The molecule has 0 fully saturated rings. The van der Waals surface area contributed by atoms with Crippen molar-refractivity contribution >= 4 is 0 Å². The van der Waals surface area contributed by atoms with Gasteiger partial charge in [0.2, 0.25) is 0 Å². The van der Waals surface area contributed by atoms with Crippen molar-refractivity contribution in [2.24, 2.45) is 5.73 Å². The summed E-state index contributed by atoms with van der Waals surface area (Å²) in [6.45, 7) is 4.66. The predicted octanol–water partition coefficient (Wildman–Crippen LogP) is 3.77. The molecule has 1 atom stereocenters. The molecule has 94 valence electrons. The third-order valence-corrected chi connectivity index (χ3v) is 2.91. The molecule has 0 aromatic heterocycles. The van der Waals surface area contributed by atoms with Gasteiger partial charge in [0, 0.05) is 11.6 Å². The van der Waals surface area contributed by atoms with Crippen molar-refractivity contribution in [3.8, 4) is 16.9 Å². The maximum Gasteiger partial charge on any atom is 0.127 e. The average Bonchev–Trinajstić information content (AvgIpc) is 2.40. The van der Waals surface area contributed by atoms with Crippen molar-refractivity contribution in [1.82, 2.24) is 0 Å². The van der Waals surface area contributed by atoms with Crippen molar-refractivity contribution in [3.63, 3.8) is 0 Å². The number of para-hydroxylation sites is 1. The normalized spacial score (nSPS) is 12.2. The van der Waals surface area contributed by atoms with Crippen LogP contribution in [-0.2, 0) is 0 Å². The lowest BCUT2D eigenvalue weighted by Gasteiger charge is -2.12. The highest BCUT2D eigenvalue weighted by molar-refractivity contribution is 5.71. The van der Waals surface area contributed by atoms with E-state index in [2.05, 4.69) is 24.3 Å². The zero-order chi connectivity index (χ0) is 13.0. The van der Waals surface area contributed by atoms with Gasteiger partial charge in [-0.05, 0) is 37.1 Å². The lowest BCUT2D eigenvalue weighted by molar-refractivity contribution is 0.341. The van der Waals surface area contributed by atoms with Crippen LogP contribution in [0.4, 0.5) is 0 Å². The Morgan fingerprint density at radius 2 is 1.89 bits per heavy atom. The largest absolute Gasteiger partial charge is 0.493 e. The molecule has 2 aromatic carbocycles. The van der Waals surface area contributed by atoms with E-state index in [-0.39, 0.29) is 6.04 Å². The Kier molecular flexibility index (Phi) is 4.00. The molecule has 0 saturated heterocycles. The minimum Gasteiger partial charge on any atom is -0.493 e. The first-order valence-electron chi connectivity index (χ1n) is 6.30. The highest BCUT2D eigenvalue weighted by Gasteiger charge is 2.07. The van der Waals surface area contributed by atoms with Crippen LogP contribution in [0.1, 0.15) is 25.5 Å². The smallest absolute Gasteiger partial charge is 0.127 e. The summed E-state index contributed by atoms with van der Waals surface area (Å²) in [6.07, 6.45) is 0. The lowest BCUT2D eigenvalue weighted by Crippen LogP contribution is -2.04. The monoisotopic (exact) mass is 241 g/mol. The molecule has 0 aliphatic rings. The molecule has 2 rings (SSSR count). The molecular weight excluding hydrogens is 222 g/mol. The van der Waals surface area contributed by atoms with Crippen LogP contribution < -0.4 is 10.5 Å². The van der Waals surface area contributed by atoms with Crippen LogP contribution in [0.3, 0.4) is 0 Å². The molecule has 2 N–H and O–H groups in total. The Balaban J connectivity index is 2.45. The summed E-state index contributed by atoms with van der Waals surface area (Å²) in [4.78, 5) is 0. The van der Waals surface area contributed by atoms with Crippen LogP contribution in [0.25, 0.3) is 11.1 Å². The molecule has 2 aromatic rings. The Hall–Kier alpha value is -1.80. The van der Waals surface area contributed by atoms with Crippen molar-refractivity contribution in [1.29, 1.82) is 0 Å². The summed E-state index contributed by atoms with van der Waals surface area (Å²) in [6, 6.07) is 16.4. The van der Waals surface area contributed by atoms with Crippen LogP contribution in [-0.4, -0.2) is 6.61 Å². The van der Waals surface area contributed by atoms with Gasteiger partial charge in [0.15, 0.2) is 0 Å². The van der Waals surface area contributed by atoms with Crippen LogP contribution >= 0.6 is 0 Å². The van der Waals surface area contributed by atoms with Gasteiger partial charge in [-0.2, -0.15) is 0 Å². The molecule has 0 bridgehead atoms. The van der Waals surface area contributed by atoms with Crippen molar-refractivity contribution in [2.75, 3.05) is 6.61 Å². The summed E-state index contributed by atoms with van der Waals surface area (Å²) >= 11 is 0. The second-order valence-electron chi connectivity index (χ2n) is 4.34. The van der Waals surface area contributed by atoms with E-state index < -0.39 is 0 Å². The fourth-order valence-electron chi connectivity index (χ4n) is 1.98. The summed E-state index contributed by atoms with van der Waals surface area (Å²) in [5.74, 6) is 0.918. The second-order valence-corrected chi connectivity index (χ2v) is 4.34. The molecule has 0 unspecified atom stereocenters. The Bertz CT molecular complexity index is 520. The minimum atomic E-state index is 0.0456. The summed E-state index contributed by atoms with van der Waals surface area (Å²) in [7, 11) is 0. The van der Waals surface area contributed by atoms with Gasteiger partial charge in [0.05, 0.1) is 6.61 Å². The third kappa shape index (κ3) is 2.71. The second kappa shape index (κ2) is 5.69. The molecule has 0 heterocycles. The number of nitrogens with two attached hydrogens (primary N) is 1. The Labute approximate surface area is 108 Å². The third-order valence-electron chi connectivity index (χ3n) is 2.91. The summed E-state index contributed by atoms with van der Waals surface area (Å²) < 4.78 is 5.66. The average molecular weight is 241 g/mol. The van der Waals surface area contributed by atoms with E-state index in [9.17, 15) is 0 Å². The van der Waals surface area contributed by atoms with Gasteiger partial charge < -0.3 is 10.5 Å².